The topological polar surface area (TPSA) is 61.9 Å². The fourth-order valence-electron chi connectivity index (χ4n) is 3.31. The second-order valence-electron chi connectivity index (χ2n) is 7.11. The zero-order chi connectivity index (χ0) is 20.6. The molecule has 3 rings (SSSR count). The summed E-state index contributed by atoms with van der Waals surface area (Å²) in [6.07, 6.45) is 2.19. The first-order chi connectivity index (χ1) is 14.0. The number of carbonyl (C=O) groups excluding carboxylic acids is 2. The van der Waals surface area contributed by atoms with Gasteiger partial charge in [0.15, 0.2) is 0 Å². The fourth-order valence-corrected chi connectivity index (χ4v) is 3.49. The summed E-state index contributed by atoms with van der Waals surface area (Å²) in [6.45, 7) is 2.23. The molecule has 6 nitrogen and oxygen atoms in total. The third-order valence-corrected chi connectivity index (χ3v) is 4.94. The number of carbonyl (C=O) groups is 2. The number of nitrogens with zero attached hydrogens (tertiary/aromatic N) is 2. The number of hydrogen-bond donors (Lipinski definition) is 1. The average Bonchev–Trinajstić information content (AvgIpc) is 3.11. The number of ether oxygens (including phenoxy) is 1. The van der Waals surface area contributed by atoms with E-state index in [1.807, 2.05) is 48.3 Å². The van der Waals surface area contributed by atoms with Gasteiger partial charge in [0, 0.05) is 24.5 Å². The molecule has 0 unspecified atom stereocenters. The Kier molecular flexibility index (Phi) is 7.49. The first-order valence-corrected chi connectivity index (χ1v) is 10.2. The molecule has 1 fully saturated rings. The van der Waals surface area contributed by atoms with Crippen molar-refractivity contribution in [2.45, 2.75) is 19.3 Å². The van der Waals surface area contributed by atoms with E-state index >= 15 is 0 Å². The minimum absolute atomic E-state index is 0.100. The number of nitrogens with one attached hydrogen (secondary N) is 1. The second kappa shape index (κ2) is 10.3. The van der Waals surface area contributed by atoms with Gasteiger partial charge in [-0.25, -0.2) is 0 Å². The molecular formula is C22H26ClN3O3. The molecule has 1 N–H and O–H groups in total. The van der Waals surface area contributed by atoms with Gasteiger partial charge in [-0.05, 0) is 50.2 Å². The average molecular weight is 416 g/mol. The number of hydrogen-bond acceptors (Lipinski definition) is 4. The van der Waals surface area contributed by atoms with E-state index in [0.717, 1.165) is 30.8 Å². The largest absolute Gasteiger partial charge is 0.493 e. The minimum atomic E-state index is -0.109. The first kappa shape index (κ1) is 21.1. The van der Waals surface area contributed by atoms with Gasteiger partial charge in [-0.2, -0.15) is 0 Å². The molecule has 2 amide bonds. The molecule has 29 heavy (non-hydrogen) atoms. The van der Waals surface area contributed by atoms with Gasteiger partial charge in [-0.3, -0.25) is 14.5 Å². The van der Waals surface area contributed by atoms with E-state index in [1.165, 1.54) is 0 Å². The molecule has 0 radical (unpaired) electrons. The van der Waals surface area contributed by atoms with Crippen LogP contribution >= 0.6 is 11.6 Å². The Morgan fingerprint density at radius 2 is 2.07 bits per heavy atom. The van der Waals surface area contributed by atoms with Crippen LogP contribution in [0.1, 0.15) is 19.3 Å². The van der Waals surface area contributed by atoms with Crippen molar-refractivity contribution in [3.8, 4) is 5.75 Å². The molecule has 1 saturated heterocycles. The second-order valence-corrected chi connectivity index (χ2v) is 7.55. The van der Waals surface area contributed by atoms with E-state index in [1.54, 1.807) is 17.0 Å². The summed E-state index contributed by atoms with van der Waals surface area (Å²) < 4.78 is 5.67. The molecule has 1 aliphatic heterocycles. The van der Waals surface area contributed by atoms with Gasteiger partial charge in [-0.1, -0.05) is 29.8 Å². The number of rotatable bonds is 9. The highest BCUT2D eigenvalue weighted by Gasteiger charge is 2.24. The van der Waals surface area contributed by atoms with Crippen LogP contribution in [-0.4, -0.2) is 50.0 Å². The van der Waals surface area contributed by atoms with E-state index in [-0.39, 0.29) is 18.4 Å². The van der Waals surface area contributed by atoms with E-state index in [9.17, 15) is 9.59 Å². The molecule has 1 heterocycles. The Bertz CT molecular complexity index is 859. The Morgan fingerprint density at radius 3 is 2.83 bits per heavy atom. The summed E-state index contributed by atoms with van der Waals surface area (Å²) >= 11 is 5.94. The van der Waals surface area contributed by atoms with Crippen molar-refractivity contribution in [3.63, 3.8) is 0 Å². The molecule has 1 aliphatic rings. The van der Waals surface area contributed by atoms with Crippen LogP contribution in [0.4, 0.5) is 11.4 Å². The van der Waals surface area contributed by atoms with Gasteiger partial charge in [-0.15, -0.1) is 0 Å². The van der Waals surface area contributed by atoms with Gasteiger partial charge in [0.25, 0.3) is 0 Å². The lowest BCUT2D eigenvalue weighted by Gasteiger charge is -2.21. The van der Waals surface area contributed by atoms with Gasteiger partial charge in [0.2, 0.25) is 11.8 Å². The summed E-state index contributed by atoms with van der Waals surface area (Å²) in [5, 5.41) is 3.59. The fraction of sp³-hybridized carbons (Fsp3) is 0.364. The first-order valence-electron chi connectivity index (χ1n) is 9.79. The van der Waals surface area contributed by atoms with Crippen LogP contribution < -0.4 is 15.0 Å². The lowest BCUT2D eigenvalue weighted by Crippen LogP contribution is -2.32. The predicted octanol–water partition coefficient (Wildman–Crippen LogP) is 3.81. The maximum atomic E-state index is 12.5. The Hall–Kier alpha value is -2.57. The van der Waals surface area contributed by atoms with E-state index in [4.69, 9.17) is 16.3 Å². The molecule has 0 aromatic heterocycles. The van der Waals surface area contributed by atoms with Crippen LogP contribution in [0.25, 0.3) is 0 Å². The summed E-state index contributed by atoms with van der Waals surface area (Å²) in [6, 6.07) is 14.7. The standard InChI is InChI=1S/C22H26ClN3O3/c1-25(12-6-14-29-18-8-4-7-17(23)15-18)16-21(27)24-19-9-2-3-10-20(19)26-13-5-11-22(26)28/h2-4,7-10,15H,5-6,11-14,16H2,1H3,(H,24,27). The zero-order valence-electron chi connectivity index (χ0n) is 16.6. The van der Waals surface area contributed by atoms with Gasteiger partial charge >= 0.3 is 0 Å². The smallest absolute Gasteiger partial charge is 0.238 e. The normalized spacial score (nSPS) is 13.8. The van der Waals surface area contributed by atoms with Crippen LogP contribution in [0.3, 0.4) is 0 Å². The van der Waals surface area contributed by atoms with Crippen molar-refractivity contribution in [3.05, 3.63) is 53.6 Å². The molecule has 0 aliphatic carbocycles. The van der Waals surface area contributed by atoms with Crippen molar-refractivity contribution in [2.24, 2.45) is 0 Å². The molecule has 7 heteroatoms. The zero-order valence-corrected chi connectivity index (χ0v) is 17.3. The molecule has 0 spiro atoms. The SMILES string of the molecule is CN(CCCOc1cccc(Cl)c1)CC(=O)Nc1ccccc1N1CCCC1=O. The van der Waals surface area contributed by atoms with Crippen molar-refractivity contribution >= 4 is 34.8 Å². The maximum Gasteiger partial charge on any atom is 0.238 e. The number of para-hydroxylation sites is 2. The molecule has 154 valence electrons. The minimum Gasteiger partial charge on any atom is -0.493 e. The van der Waals surface area contributed by atoms with Gasteiger partial charge in [0.1, 0.15) is 5.75 Å². The maximum absolute atomic E-state index is 12.5. The Labute approximate surface area is 176 Å². The quantitative estimate of drug-likeness (QED) is 0.632. The van der Waals surface area contributed by atoms with Gasteiger partial charge in [0.05, 0.1) is 24.5 Å². The van der Waals surface area contributed by atoms with Crippen LogP contribution in [0.15, 0.2) is 48.5 Å². The van der Waals surface area contributed by atoms with E-state index in [2.05, 4.69) is 5.32 Å². The number of anilines is 2. The molecule has 2 aromatic carbocycles. The molecule has 0 saturated carbocycles. The third-order valence-electron chi connectivity index (χ3n) is 4.70. The highest BCUT2D eigenvalue weighted by atomic mass is 35.5. The molecule has 0 atom stereocenters. The lowest BCUT2D eigenvalue weighted by molar-refractivity contribution is -0.118. The Morgan fingerprint density at radius 1 is 1.24 bits per heavy atom. The lowest BCUT2D eigenvalue weighted by atomic mass is 10.2. The monoisotopic (exact) mass is 415 g/mol. The van der Waals surface area contributed by atoms with Crippen molar-refractivity contribution in [1.82, 2.24) is 4.90 Å². The number of benzene rings is 2. The van der Waals surface area contributed by atoms with Gasteiger partial charge < -0.3 is 15.0 Å². The van der Waals surface area contributed by atoms with E-state index in [0.29, 0.717) is 30.3 Å². The summed E-state index contributed by atoms with van der Waals surface area (Å²) in [5.74, 6) is 0.733. The van der Waals surface area contributed by atoms with E-state index < -0.39 is 0 Å². The third kappa shape index (κ3) is 6.21. The Balaban J connectivity index is 1.44. The molecular weight excluding hydrogens is 390 g/mol. The van der Waals surface area contributed by atoms with Crippen LogP contribution in [-0.2, 0) is 9.59 Å². The van der Waals surface area contributed by atoms with Crippen molar-refractivity contribution in [2.75, 3.05) is 43.5 Å². The molecule has 0 bridgehead atoms. The van der Waals surface area contributed by atoms with Crippen LogP contribution in [0.2, 0.25) is 5.02 Å². The summed E-state index contributed by atoms with van der Waals surface area (Å²) in [5.41, 5.74) is 1.44. The predicted molar refractivity (Wildman–Crippen MR) is 116 cm³/mol. The number of amides is 2. The van der Waals surface area contributed by atoms with Crippen molar-refractivity contribution < 1.29 is 14.3 Å². The van der Waals surface area contributed by atoms with Crippen LogP contribution in [0, 0.1) is 0 Å². The van der Waals surface area contributed by atoms with Crippen molar-refractivity contribution in [1.29, 1.82) is 0 Å². The number of halogens is 1. The summed E-state index contributed by atoms with van der Waals surface area (Å²) in [7, 11) is 1.90. The summed E-state index contributed by atoms with van der Waals surface area (Å²) in [4.78, 5) is 28.2. The number of likely N-dealkylation sites (N-methyl/N-ethyl adjacent to an activating group) is 1. The molecule has 2 aromatic rings. The highest BCUT2D eigenvalue weighted by molar-refractivity contribution is 6.30. The van der Waals surface area contributed by atoms with Crippen LogP contribution in [0.5, 0.6) is 5.75 Å². The highest BCUT2D eigenvalue weighted by Crippen LogP contribution is 2.29.